The number of anilines is 1. The smallest absolute Gasteiger partial charge is 0.265 e. The van der Waals surface area contributed by atoms with Crippen LogP contribution >= 0.6 is 0 Å². The van der Waals surface area contributed by atoms with Crippen molar-refractivity contribution in [2.75, 3.05) is 12.4 Å². The van der Waals surface area contributed by atoms with Crippen molar-refractivity contribution in [1.29, 1.82) is 0 Å². The molecule has 6 heteroatoms. The number of ether oxygens (including phenoxy) is 1. The molecule has 1 heterocycles. The Bertz CT molecular complexity index is 1330. The maximum Gasteiger partial charge on any atom is 0.265 e. The molecule has 1 unspecified atom stereocenters. The fourth-order valence-electron chi connectivity index (χ4n) is 3.95. The minimum Gasteiger partial charge on any atom is -0.494 e. The molecule has 0 aliphatic carbocycles. The van der Waals surface area contributed by atoms with Gasteiger partial charge in [-0.2, -0.15) is 0 Å². The molecule has 0 fully saturated rings. The van der Waals surface area contributed by atoms with E-state index < -0.39 is 0 Å². The van der Waals surface area contributed by atoms with Crippen molar-refractivity contribution in [2.45, 2.75) is 26.2 Å². The lowest BCUT2D eigenvalue weighted by Gasteiger charge is -2.18. The third-order valence-electron chi connectivity index (χ3n) is 5.57. The quantitative estimate of drug-likeness (QED) is 0.478. The number of fused-ring (bicyclic) bond motifs is 1. The standard InChI is InChI=1S/C26H25N3O3/c1-4-20(18-10-6-5-7-11-18)25(30)28-23-15-14-19(16-24(23)32-3)29-17(2)27-22-13-9-8-12-21(22)26(29)31/h5-16,20H,4H2,1-3H3,(H,28,30). The Morgan fingerprint density at radius 3 is 2.50 bits per heavy atom. The summed E-state index contributed by atoms with van der Waals surface area (Å²) in [7, 11) is 1.54. The lowest BCUT2D eigenvalue weighted by atomic mass is 9.95. The highest BCUT2D eigenvalue weighted by Crippen LogP contribution is 2.29. The minimum absolute atomic E-state index is 0.106. The Labute approximate surface area is 186 Å². The number of rotatable bonds is 6. The Morgan fingerprint density at radius 1 is 1.06 bits per heavy atom. The number of benzene rings is 3. The van der Waals surface area contributed by atoms with Gasteiger partial charge in [-0.3, -0.25) is 14.2 Å². The molecule has 162 valence electrons. The number of hydrogen-bond donors (Lipinski definition) is 1. The van der Waals surface area contributed by atoms with Crippen LogP contribution in [0, 0.1) is 6.92 Å². The lowest BCUT2D eigenvalue weighted by molar-refractivity contribution is -0.117. The minimum atomic E-state index is -0.268. The van der Waals surface area contributed by atoms with Crippen LogP contribution in [0.1, 0.15) is 30.7 Å². The van der Waals surface area contributed by atoms with E-state index in [0.29, 0.717) is 40.3 Å². The third-order valence-corrected chi connectivity index (χ3v) is 5.57. The van der Waals surface area contributed by atoms with Crippen LogP contribution in [0.25, 0.3) is 16.6 Å². The van der Waals surface area contributed by atoms with Gasteiger partial charge in [0.25, 0.3) is 5.56 Å². The van der Waals surface area contributed by atoms with Crippen molar-refractivity contribution in [2.24, 2.45) is 0 Å². The first-order chi connectivity index (χ1) is 15.5. The van der Waals surface area contributed by atoms with Gasteiger partial charge in [0.15, 0.2) is 0 Å². The van der Waals surface area contributed by atoms with Crippen molar-refractivity contribution in [3.63, 3.8) is 0 Å². The molecule has 6 nitrogen and oxygen atoms in total. The van der Waals surface area contributed by atoms with Crippen molar-refractivity contribution < 1.29 is 9.53 Å². The van der Waals surface area contributed by atoms with Gasteiger partial charge >= 0.3 is 0 Å². The molecule has 32 heavy (non-hydrogen) atoms. The van der Waals surface area contributed by atoms with Gasteiger partial charge in [-0.1, -0.05) is 49.4 Å². The zero-order valence-corrected chi connectivity index (χ0v) is 18.3. The lowest BCUT2D eigenvalue weighted by Crippen LogP contribution is -2.23. The molecule has 0 saturated heterocycles. The molecule has 4 aromatic rings. The van der Waals surface area contributed by atoms with Crippen LogP contribution in [0.2, 0.25) is 0 Å². The van der Waals surface area contributed by atoms with Crippen molar-refractivity contribution in [1.82, 2.24) is 9.55 Å². The maximum atomic E-state index is 13.1. The summed E-state index contributed by atoms with van der Waals surface area (Å²) in [6, 6.07) is 22.2. The highest BCUT2D eigenvalue weighted by Gasteiger charge is 2.20. The molecule has 0 spiro atoms. The Hall–Kier alpha value is -3.93. The highest BCUT2D eigenvalue weighted by atomic mass is 16.5. The number of para-hydroxylation sites is 1. The van der Waals surface area contributed by atoms with Gasteiger partial charge in [-0.15, -0.1) is 0 Å². The summed E-state index contributed by atoms with van der Waals surface area (Å²) in [6.45, 7) is 3.78. The normalized spacial score (nSPS) is 11.8. The molecule has 0 aliphatic rings. The predicted molar refractivity (Wildman–Crippen MR) is 127 cm³/mol. The number of carbonyl (C=O) groups is 1. The average Bonchev–Trinajstić information content (AvgIpc) is 2.81. The van der Waals surface area contributed by atoms with Crippen LogP contribution < -0.4 is 15.6 Å². The number of amides is 1. The largest absolute Gasteiger partial charge is 0.494 e. The second kappa shape index (κ2) is 9.06. The molecule has 1 N–H and O–H groups in total. The predicted octanol–water partition coefficient (Wildman–Crippen LogP) is 4.84. The molecule has 3 aromatic carbocycles. The summed E-state index contributed by atoms with van der Waals surface area (Å²) in [5.74, 6) is 0.668. The number of carbonyl (C=O) groups excluding carboxylic acids is 1. The van der Waals surface area contributed by atoms with Gasteiger partial charge in [-0.05, 0) is 43.2 Å². The van der Waals surface area contributed by atoms with E-state index in [1.54, 1.807) is 35.8 Å². The van der Waals surface area contributed by atoms with Crippen LogP contribution in [0.4, 0.5) is 5.69 Å². The molecule has 0 radical (unpaired) electrons. The Morgan fingerprint density at radius 2 is 1.78 bits per heavy atom. The molecule has 1 aromatic heterocycles. The van der Waals surface area contributed by atoms with E-state index in [1.807, 2.05) is 55.5 Å². The summed E-state index contributed by atoms with van der Waals surface area (Å²) in [4.78, 5) is 30.7. The topological polar surface area (TPSA) is 73.2 Å². The molecule has 0 saturated carbocycles. The third kappa shape index (κ3) is 3.99. The zero-order chi connectivity index (χ0) is 22.7. The van der Waals surface area contributed by atoms with Gasteiger partial charge < -0.3 is 10.1 Å². The monoisotopic (exact) mass is 427 g/mol. The van der Waals surface area contributed by atoms with Crippen molar-refractivity contribution >= 4 is 22.5 Å². The SMILES string of the molecule is CCC(C(=O)Nc1ccc(-n2c(C)nc3ccccc3c2=O)cc1OC)c1ccccc1. The second-order valence-corrected chi connectivity index (χ2v) is 7.56. The number of hydrogen-bond acceptors (Lipinski definition) is 4. The van der Waals surface area contributed by atoms with Gasteiger partial charge in [0, 0.05) is 6.07 Å². The van der Waals surface area contributed by atoms with E-state index in [-0.39, 0.29) is 17.4 Å². The van der Waals surface area contributed by atoms with Gasteiger partial charge in [0.1, 0.15) is 11.6 Å². The number of aryl methyl sites for hydroxylation is 1. The van der Waals surface area contributed by atoms with E-state index in [4.69, 9.17) is 4.74 Å². The molecule has 1 amide bonds. The first kappa shape index (κ1) is 21.3. The molecule has 0 bridgehead atoms. The molecule has 4 rings (SSSR count). The molecule has 0 aliphatic heterocycles. The second-order valence-electron chi connectivity index (χ2n) is 7.56. The highest BCUT2D eigenvalue weighted by molar-refractivity contribution is 5.97. The number of methoxy groups -OCH3 is 1. The van der Waals surface area contributed by atoms with Gasteiger partial charge in [0.2, 0.25) is 5.91 Å². The van der Waals surface area contributed by atoms with Gasteiger partial charge in [0.05, 0.1) is 35.3 Å². The average molecular weight is 428 g/mol. The van der Waals surface area contributed by atoms with E-state index >= 15 is 0 Å². The molecular formula is C26H25N3O3. The summed E-state index contributed by atoms with van der Waals surface area (Å²) in [5, 5.41) is 3.53. The van der Waals surface area contributed by atoms with Gasteiger partial charge in [-0.25, -0.2) is 4.98 Å². The summed E-state index contributed by atoms with van der Waals surface area (Å²) in [5.41, 5.74) is 2.65. The number of nitrogens with zero attached hydrogens (tertiary/aromatic N) is 2. The van der Waals surface area contributed by atoms with Crippen LogP contribution in [0.15, 0.2) is 77.6 Å². The van der Waals surface area contributed by atoms with Crippen LogP contribution in [0.5, 0.6) is 5.75 Å². The van der Waals surface area contributed by atoms with E-state index in [0.717, 1.165) is 5.56 Å². The summed E-state index contributed by atoms with van der Waals surface area (Å²) < 4.78 is 7.10. The fraction of sp³-hybridized carbons (Fsp3) is 0.192. The molecular weight excluding hydrogens is 402 g/mol. The van der Waals surface area contributed by atoms with E-state index in [1.165, 1.54) is 7.11 Å². The summed E-state index contributed by atoms with van der Waals surface area (Å²) in [6.07, 6.45) is 0.674. The van der Waals surface area contributed by atoms with E-state index in [2.05, 4.69) is 10.3 Å². The zero-order valence-electron chi connectivity index (χ0n) is 18.3. The van der Waals surface area contributed by atoms with Crippen molar-refractivity contribution in [3.05, 3.63) is 94.5 Å². The fourth-order valence-corrected chi connectivity index (χ4v) is 3.95. The number of aromatic nitrogens is 2. The Kier molecular flexibility index (Phi) is 6.03. The van der Waals surface area contributed by atoms with Crippen LogP contribution in [-0.2, 0) is 4.79 Å². The van der Waals surface area contributed by atoms with Crippen LogP contribution in [0.3, 0.4) is 0 Å². The maximum absolute atomic E-state index is 13.1. The van der Waals surface area contributed by atoms with Crippen molar-refractivity contribution in [3.8, 4) is 11.4 Å². The number of nitrogens with one attached hydrogen (secondary N) is 1. The first-order valence-electron chi connectivity index (χ1n) is 10.6. The van der Waals surface area contributed by atoms with E-state index in [9.17, 15) is 9.59 Å². The summed E-state index contributed by atoms with van der Waals surface area (Å²) >= 11 is 0. The van der Waals surface area contributed by atoms with Crippen LogP contribution in [-0.4, -0.2) is 22.6 Å². The first-order valence-corrected chi connectivity index (χ1v) is 10.6. The Balaban J connectivity index is 1.69. The molecule has 1 atom stereocenters.